The zero-order chi connectivity index (χ0) is 12.5. The molecule has 0 aliphatic rings. The Balaban J connectivity index is 2.22. The maximum atomic E-state index is 11.5. The second kappa shape index (κ2) is 7.68. The summed E-state index contributed by atoms with van der Waals surface area (Å²) in [6.07, 6.45) is 3.06. The molecule has 0 bridgehead atoms. The number of nitrogens with two attached hydrogens (primary N) is 2. The van der Waals surface area contributed by atoms with E-state index < -0.39 is 0 Å². The smallest absolute Gasteiger partial charge is 0.220 e. The highest BCUT2D eigenvalue weighted by atomic mass is 16.1. The summed E-state index contributed by atoms with van der Waals surface area (Å²) in [7, 11) is 0. The molecule has 4 nitrogen and oxygen atoms in total. The van der Waals surface area contributed by atoms with Crippen molar-refractivity contribution in [1.82, 2.24) is 5.32 Å². The predicted octanol–water partition coefficient (Wildman–Crippen LogP) is 1.06. The van der Waals surface area contributed by atoms with Crippen LogP contribution >= 0.6 is 0 Å². The molecular formula is C13H21N3O. The van der Waals surface area contributed by atoms with Crippen LogP contribution in [0.3, 0.4) is 0 Å². The van der Waals surface area contributed by atoms with E-state index in [9.17, 15) is 4.79 Å². The molecule has 1 aromatic carbocycles. The summed E-state index contributed by atoms with van der Waals surface area (Å²) in [5, 5.41) is 2.87. The number of rotatable bonds is 7. The van der Waals surface area contributed by atoms with Gasteiger partial charge in [0.2, 0.25) is 5.91 Å². The Morgan fingerprint density at radius 2 is 2.00 bits per heavy atom. The van der Waals surface area contributed by atoms with E-state index in [1.165, 1.54) is 0 Å². The number of nitrogens with one attached hydrogen (secondary N) is 1. The van der Waals surface area contributed by atoms with Gasteiger partial charge in [0.25, 0.3) is 0 Å². The molecule has 17 heavy (non-hydrogen) atoms. The van der Waals surface area contributed by atoms with E-state index >= 15 is 0 Å². The summed E-state index contributed by atoms with van der Waals surface area (Å²) in [5.74, 6) is 0.0743. The number of unbranched alkanes of at least 4 members (excludes halogenated alkanes) is 1. The van der Waals surface area contributed by atoms with Crippen LogP contribution in [0.5, 0.6) is 0 Å². The van der Waals surface area contributed by atoms with Crippen molar-refractivity contribution in [3.05, 3.63) is 29.8 Å². The highest BCUT2D eigenvalue weighted by Crippen LogP contribution is 2.12. The van der Waals surface area contributed by atoms with Gasteiger partial charge in [0, 0.05) is 18.7 Å². The van der Waals surface area contributed by atoms with Crippen LogP contribution in [0.25, 0.3) is 0 Å². The van der Waals surface area contributed by atoms with Crippen LogP contribution in [0.2, 0.25) is 0 Å². The summed E-state index contributed by atoms with van der Waals surface area (Å²) >= 11 is 0. The third-order valence-electron chi connectivity index (χ3n) is 2.63. The first kappa shape index (κ1) is 13.5. The molecule has 0 fully saturated rings. The molecular weight excluding hydrogens is 214 g/mol. The lowest BCUT2D eigenvalue weighted by molar-refractivity contribution is -0.121. The van der Waals surface area contributed by atoms with E-state index in [1.807, 2.05) is 24.3 Å². The molecule has 5 N–H and O–H groups in total. The second-order valence-electron chi connectivity index (χ2n) is 4.04. The molecule has 0 aliphatic carbocycles. The van der Waals surface area contributed by atoms with Gasteiger partial charge >= 0.3 is 0 Å². The van der Waals surface area contributed by atoms with Crippen LogP contribution in [-0.4, -0.2) is 19.0 Å². The average Bonchev–Trinajstić information content (AvgIpc) is 2.34. The first-order valence-electron chi connectivity index (χ1n) is 6.04. The van der Waals surface area contributed by atoms with Crippen molar-refractivity contribution in [3.63, 3.8) is 0 Å². The molecule has 0 aliphatic heterocycles. The monoisotopic (exact) mass is 235 g/mol. The number of nitrogen functional groups attached to an aromatic ring is 1. The molecule has 4 heteroatoms. The van der Waals surface area contributed by atoms with Crippen LogP contribution in [0.1, 0.15) is 24.8 Å². The van der Waals surface area contributed by atoms with E-state index in [0.717, 1.165) is 24.1 Å². The Bertz CT molecular complexity index is 352. The number of carbonyl (C=O) groups is 1. The van der Waals surface area contributed by atoms with Crippen molar-refractivity contribution in [2.24, 2.45) is 5.73 Å². The van der Waals surface area contributed by atoms with Gasteiger partial charge in [-0.3, -0.25) is 4.79 Å². The Morgan fingerprint density at radius 3 is 2.71 bits per heavy atom. The first-order valence-corrected chi connectivity index (χ1v) is 6.04. The van der Waals surface area contributed by atoms with Crippen LogP contribution in [0, 0.1) is 0 Å². The number of hydrogen-bond acceptors (Lipinski definition) is 3. The molecule has 0 spiro atoms. The van der Waals surface area contributed by atoms with Crippen LogP contribution in [-0.2, 0) is 11.2 Å². The van der Waals surface area contributed by atoms with Gasteiger partial charge in [-0.2, -0.15) is 0 Å². The number of amides is 1. The van der Waals surface area contributed by atoms with Crippen molar-refractivity contribution >= 4 is 11.6 Å². The summed E-state index contributed by atoms with van der Waals surface area (Å²) in [6.45, 7) is 1.39. The minimum atomic E-state index is 0.0743. The van der Waals surface area contributed by atoms with Gasteiger partial charge in [0.1, 0.15) is 0 Å². The molecule has 1 amide bonds. The third kappa shape index (κ3) is 5.36. The highest BCUT2D eigenvalue weighted by molar-refractivity contribution is 5.76. The molecule has 0 heterocycles. The molecule has 0 saturated heterocycles. The van der Waals surface area contributed by atoms with Crippen molar-refractivity contribution in [2.45, 2.75) is 25.7 Å². The largest absolute Gasteiger partial charge is 0.399 e. The maximum absolute atomic E-state index is 11.5. The highest BCUT2D eigenvalue weighted by Gasteiger charge is 2.03. The zero-order valence-electron chi connectivity index (χ0n) is 10.1. The van der Waals surface area contributed by atoms with E-state index in [2.05, 4.69) is 5.32 Å². The quantitative estimate of drug-likeness (QED) is 0.488. The normalized spacial score (nSPS) is 10.2. The number of benzene rings is 1. The first-order chi connectivity index (χ1) is 8.24. The Morgan fingerprint density at radius 1 is 1.24 bits per heavy atom. The van der Waals surface area contributed by atoms with Crippen molar-refractivity contribution in [1.29, 1.82) is 0 Å². The van der Waals surface area contributed by atoms with Crippen molar-refractivity contribution in [2.75, 3.05) is 18.8 Å². The lowest BCUT2D eigenvalue weighted by Gasteiger charge is -2.06. The van der Waals surface area contributed by atoms with E-state index in [-0.39, 0.29) is 5.91 Å². The average molecular weight is 235 g/mol. The molecule has 1 rings (SSSR count). The fourth-order valence-corrected chi connectivity index (χ4v) is 1.60. The lowest BCUT2D eigenvalue weighted by atomic mass is 10.1. The summed E-state index contributed by atoms with van der Waals surface area (Å²) in [5.41, 5.74) is 13.0. The SMILES string of the molecule is NCCCCNC(=O)CCc1ccccc1N. The van der Waals surface area contributed by atoms with Crippen LogP contribution in [0.15, 0.2) is 24.3 Å². The third-order valence-corrected chi connectivity index (χ3v) is 2.63. The van der Waals surface area contributed by atoms with E-state index in [4.69, 9.17) is 11.5 Å². The number of aryl methyl sites for hydroxylation is 1. The number of para-hydroxylation sites is 1. The Labute approximate surface area is 102 Å². The number of anilines is 1. The topological polar surface area (TPSA) is 81.1 Å². The fraction of sp³-hybridized carbons (Fsp3) is 0.462. The van der Waals surface area contributed by atoms with Crippen LogP contribution < -0.4 is 16.8 Å². The Hall–Kier alpha value is -1.55. The molecule has 0 radical (unpaired) electrons. The second-order valence-corrected chi connectivity index (χ2v) is 4.04. The standard InChI is InChI=1S/C13H21N3O/c14-9-3-4-10-16-13(17)8-7-11-5-1-2-6-12(11)15/h1-2,5-6H,3-4,7-10,14-15H2,(H,16,17). The van der Waals surface area contributed by atoms with Crippen LogP contribution in [0.4, 0.5) is 5.69 Å². The lowest BCUT2D eigenvalue weighted by Crippen LogP contribution is -2.25. The zero-order valence-corrected chi connectivity index (χ0v) is 10.1. The predicted molar refractivity (Wildman–Crippen MR) is 70.5 cm³/mol. The van der Waals surface area contributed by atoms with E-state index in [1.54, 1.807) is 0 Å². The molecule has 1 aromatic rings. The molecule has 0 unspecified atom stereocenters. The molecule has 0 saturated carbocycles. The van der Waals surface area contributed by atoms with Gasteiger partial charge in [0.05, 0.1) is 0 Å². The Kier molecular flexibility index (Phi) is 6.10. The minimum Gasteiger partial charge on any atom is -0.399 e. The van der Waals surface area contributed by atoms with E-state index in [0.29, 0.717) is 25.9 Å². The molecule has 0 atom stereocenters. The molecule has 94 valence electrons. The summed E-state index contributed by atoms with van der Waals surface area (Å²) in [6, 6.07) is 7.64. The van der Waals surface area contributed by atoms with Gasteiger partial charge in [0.15, 0.2) is 0 Å². The van der Waals surface area contributed by atoms with Gasteiger partial charge in [-0.05, 0) is 37.4 Å². The minimum absolute atomic E-state index is 0.0743. The maximum Gasteiger partial charge on any atom is 0.220 e. The number of hydrogen-bond donors (Lipinski definition) is 3. The van der Waals surface area contributed by atoms with Gasteiger partial charge in [-0.15, -0.1) is 0 Å². The molecule has 0 aromatic heterocycles. The number of carbonyl (C=O) groups excluding carboxylic acids is 1. The van der Waals surface area contributed by atoms with Gasteiger partial charge in [-0.25, -0.2) is 0 Å². The van der Waals surface area contributed by atoms with Gasteiger partial charge in [-0.1, -0.05) is 18.2 Å². The fourth-order valence-electron chi connectivity index (χ4n) is 1.60. The summed E-state index contributed by atoms with van der Waals surface area (Å²) < 4.78 is 0. The van der Waals surface area contributed by atoms with Crippen molar-refractivity contribution in [3.8, 4) is 0 Å². The van der Waals surface area contributed by atoms with Gasteiger partial charge < -0.3 is 16.8 Å². The van der Waals surface area contributed by atoms with Crippen molar-refractivity contribution < 1.29 is 4.79 Å². The summed E-state index contributed by atoms with van der Waals surface area (Å²) in [4.78, 5) is 11.5.